The third-order valence-electron chi connectivity index (χ3n) is 6.00. The Morgan fingerprint density at radius 3 is 2.03 bits per heavy atom. The first-order valence-corrected chi connectivity index (χ1v) is 10.9. The van der Waals surface area contributed by atoms with Gasteiger partial charge in [-0.3, -0.25) is 9.59 Å². The highest BCUT2D eigenvalue weighted by atomic mass is 16.4. The van der Waals surface area contributed by atoms with Crippen LogP contribution in [0.25, 0.3) is 0 Å². The van der Waals surface area contributed by atoms with Gasteiger partial charge in [0, 0.05) is 18.2 Å². The summed E-state index contributed by atoms with van der Waals surface area (Å²) in [5, 5.41) is 15.4. The standard InChI is InChI=1S/C26H35N3O4/c1-25(2,3)21(23(31)29(7)19-15-11-12-17(16-19)24(32)33)28-22(30)20(27-6)26(4,5)18-13-9-8-10-14-18/h8-16,20-21,27H,1-7H3,(H,28,30)(H,32,33)/t20-,21-/m1/s1. The zero-order valence-corrected chi connectivity index (χ0v) is 20.5. The Labute approximate surface area is 196 Å². The van der Waals surface area contributed by atoms with Gasteiger partial charge in [0.15, 0.2) is 0 Å². The molecule has 178 valence electrons. The van der Waals surface area contributed by atoms with Crippen LogP contribution in [0.15, 0.2) is 54.6 Å². The van der Waals surface area contributed by atoms with Gasteiger partial charge in [0.2, 0.25) is 11.8 Å². The van der Waals surface area contributed by atoms with Crippen molar-refractivity contribution in [3.05, 3.63) is 65.7 Å². The van der Waals surface area contributed by atoms with Crippen LogP contribution in [0.5, 0.6) is 0 Å². The van der Waals surface area contributed by atoms with Gasteiger partial charge in [-0.25, -0.2) is 4.79 Å². The molecule has 0 aromatic heterocycles. The van der Waals surface area contributed by atoms with Gasteiger partial charge in [-0.05, 0) is 36.2 Å². The van der Waals surface area contributed by atoms with Gasteiger partial charge in [-0.15, -0.1) is 0 Å². The normalized spacial score (nSPS) is 13.7. The van der Waals surface area contributed by atoms with Crippen LogP contribution in [0, 0.1) is 5.41 Å². The molecule has 0 aliphatic carbocycles. The molecule has 2 rings (SSSR count). The second-order valence-electron chi connectivity index (χ2n) is 9.87. The Hall–Kier alpha value is -3.19. The fraction of sp³-hybridized carbons (Fsp3) is 0.423. The Kier molecular flexibility index (Phi) is 8.03. The van der Waals surface area contributed by atoms with Crippen LogP contribution < -0.4 is 15.5 Å². The number of likely N-dealkylation sites (N-methyl/N-ethyl adjacent to an activating group) is 2. The van der Waals surface area contributed by atoms with E-state index in [-0.39, 0.29) is 17.4 Å². The number of hydrogen-bond acceptors (Lipinski definition) is 4. The summed E-state index contributed by atoms with van der Waals surface area (Å²) in [6.07, 6.45) is 0. The molecule has 0 fully saturated rings. The first kappa shape index (κ1) is 26.1. The monoisotopic (exact) mass is 453 g/mol. The predicted molar refractivity (Wildman–Crippen MR) is 131 cm³/mol. The van der Waals surface area contributed by atoms with Gasteiger partial charge in [-0.2, -0.15) is 0 Å². The molecule has 2 aromatic carbocycles. The minimum atomic E-state index is -1.07. The van der Waals surface area contributed by atoms with Crippen LogP contribution >= 0.6 is 0 Å². The maximum absolute atomic E-state index is 13.5. The molecule has 2 aromatic rings. The third-order valence-corrected chi connectivity index (χ3v) is 6.00. The van der Waals surface area contributed by atoms with Crippen LogP contribution in [0.1, 0.15) is 50.5 Å². The molecule has 0 saturated heterocycles. The third kappa shape index (κ3) is 5.99. The second kappa shape index (κ2) is 10.2. The van der Waals surface area contributed by atoms with E-state index in [2.05, 4.69) is 10.6 Å². The summed E-state index contributed by atoms with van der Waals surface area (Å²) in [7, 11) is 3.31. The second-order valence-corrected chi connectivity index (χ2v) is 9.87. The lowest BCUT2D eigenvalue weighted by Gasteiger charge is -2.38. The Bertz CT molecular complexity index is 996. The largest absolute Gasteiger partial charge is 0.478 e. The molecular formula is C26H35N3O4. The van der Waals surface area contributed by atoms with Gasteiger partial charge in [-0.1, -0.05) is 71.0 Å². The van der Waals surface area contributed by atoms with Gasteiger partial charge >= 0.3 is 5.97 Å². The number of hydrogen-bond donors (Lipinski definition) is 3. The number of amides is 2. The van der Waals surface area contributed by atoms with Crippen molar-refractivity contribution >= 4 is 23.5 Å². The number of carbonyl (C=O) groups is 3. The van der Waals surface area contributed by atoms with E-state index in [4.69, 9.17) is 0 Å². The van der Waals surface area contributed by atoms with Crippen LogP contribution in [-0.2, 0) is 15.0 Å². The number of carboxylic acid groups (broad SMARTS) is 1. The molecule has 7 nitrogen and oxygen atoms in total. The summed E-state index contributed by atoms with van der Waals surface area (Å²) in [5.41, 5.74) is 0.413. The van der Waals surface area contributed by atoms with Crippen LogP contribution in [-0.4, -0.2) is 49.1 Å². The summed E-state index contributed by atoms with van der Waals surface area (Å²) < 4.78 is 0. The molecule has 0 saturated carbocycles. The molecular weight excluding hydrogens is 418 g/mol. The minimum absolute atomic E-state index is 0.0864. The van der Waals surface area contributed by atoms with Crippen molar-refractivity contribution in [3.8, 4) is 0 Å². The summed E-state index contributed by atoms with van der Waals surface area (Å²) in [4.78, 5) is 39.6. The van der Waals surface area contributed by atoms with Crippen molar-refractivity contribution in [1.29, 1.82) is 0 Å². The van der Waals surface area contributed by atoms with Crippen LogP contribution in [0.4, 0.5) is 5.69 Å². The lowest BCUT2D eigenvalue weighted by atomic mass is 9.76. The van der Waals surface area contributed by atoms with Crippen molar-refractivity contribution in [1.82, 2.24) is 10.6 Å². The molecule has 3 N–H and O–H groups in total. The zero-order chi connectivity index (χ0) is 25.0. The maximum atomic E-state index is 13.5. The van der Waals surface area contributed by atoms with Gasteiger partial charge in [0.05, 0.1) is 11.6 Å². The Morgan fingerprint density at radius 2 is 1.52 bits per heavy atom. The highest BCUT2D eigenvalue weighted by molar-refractivity contribution is 6.01. The first-order valence-electron chi connectivity index (χ1n) is 10.9. The Morgan fingerprint density at radius 1 is 0.909 bits per heavy atom. The average molecular weight is 454 g/mol. The summed E-state index contributed by atoms with van der Waals surface area (Å²) in [5.74, 6) is -1.68. The van der Waals surface area contributed by atoms with Crippen molar-refractivity contribution in [2.24, 2.45) is 5.41 Å². The number of nitrogens with one attached hydrogen (secondary N) is 2. The molecule has 0 heterocycles. The maximum Gasteiger partial charge on any atom is 0.335 e. The zero-order valence-electron chi connectivity index (χ0n) is 20.5. The topological polar surface area (TPSA) is 98.7 Å². The smallest absolute Gasteiger partial charge is 0.335 e. The van der Waals surface area contributed by atoms with Crippen molar-refractivity contribution < 1.29 is 19.5 Å². The highest BCUT2D eigenvalue weighted by Crippen LogP contribution is 2.29. The van der Waals surface area contributed by atoms with E-state index >= 15 is 0 Å². The van der Waals surface area contributed by atoms with E-state index in [0.29, 0.717) is 5.69 Å². The molecule has 0 bridgehead atoms. The average Bonchev–Trinajstić information content (AvgIpc) is 2.76. The molecule has 33 heavy (non-hydrogen) atoms. The molecule has 0 aliphatic rings. The van der Waals surface area contributed by atoms with E-state index in [0.717, 1.165) is 5.56 Å². The lowest BCUT2D eigenvalue weighted by Crippen LogP contribution is -2.60. The molecule has 7 heteroatoms. The van der Waals surface area contributed by atoms with Gasteiger partial charge in [0.1, 0.15) is 6.04 Å². The van der Waals surface area contributed by atoms with Gasteiger partial charge in [0.25, 0.3) is 0 Å². The molecule has 0 spiro atoms. The van der Waals surface area contributed by atoms with Crippen molar-refractivity contribution in [2.75, 3.05) is 19.0 Å². The van der Waals surface area contributed by atoms with E-state index in [9.17, 15) is 19.5 Å². The SMILES string of the molecule is CN[C@H](C(=O)N[C@H](C(=O)N(C)c1cccc(C(=O)O)c1)C(C)(C)C)C(C)(C)c1ccccc1. The number of benzene rings is 2. The summed E-state index contributed by atoms with van der Waals surface area (Å²) in [6, 6.07) is 14.5. The summed E-state index contributed by atoms with van der Waals surface area (Å²) in [6.45, 7) is 9.62. The fourth-order valence-corrected chi connectivity index (χ4v) is 3.90. The van der Waals surface area contributed by atoms with E-state index in [1.165, 1.54) is 17.0 Å². The molecule has 0 radical (unpaired) electrons. The summed E-state index contributed by atoms with van der Waals surface area (Å²) >= 11 is 0. The number of nitrogens with zero attached hydrogens (tertiary/aromatic N) is 1. The first-order chi connectivity index (χ1) is 15.3. The van der Waals surface area contributed by atoms with E-state index in [1.54, 1.807) is 26.2 Å². The van der Waals surface area contributed by atoms with Gasteiger partial charge < -0.3 is 20.6 Å². The number of rotatable bonds is 8. The quantitative estimate of drug-likeness (QED) is 0.569. The molecule has 0 aliphatic heterocycles. The Balaban J connectivity index is 2.33. The number of carboxylic acids is 1. The van der Waals surface area contributed by atoms with E-state index < -0.39 is 28.9 Å². The molecule has 2 amide bonds. The number of anilines is 1. The fourth-order valence-electron chi connectivity index (χ4n) is 3.90. The van der Waals surface area contributed by atoms with Crippen molar-refractivity contribution in [3.63, 3.8) is 0 Å². The van der Waals surface area contributed by atoms with Crippen LogP contribution in [0.3, 0.4) is 0 Å². The predicted octanol–water partition coefficient (Wildman–Crippen LogP) is 3.44. The highest BCUT2D eigenvalue weighted by Gasteiger charge is 2.40. The molecule has 0 unspecified atom stereocenters. The van der Waals surface area contributed by atoms with Crippen LogP contribution in [0.2, 0.25) is 0 Å². The van der Waals surface area contributed by atoms with Crippen molar-refractivity contribution in [2.45, 2.75) is 52.1 Å². The lowest BCUT2D eigenvalue weighted by molar-refractivity contribution is -0.131. The number of aromatic carboxylic acids is 1. The minimum Gasteiger partial charge on any atom is -0.478 e. The number of carbonyl (C=O) groups excluding carboxylic acids is 2. The van der Waals surface area contributed by atoms with E-state index in [1.807, 2.05) is 65.0 Å². The molecule has 2 atom stereocenters.